The summed E-state index contributed by atoms with van der Waals surface area (Å²) in [5.41, 5.74) is -2.28. The Kier molecular flexibility index (Phi) is 4.36. The molecule has 8 heteroatoms. The van der Waals surface area contributed by atoms with Gasteiger partial charge in [-0.05, 0) is 48.6 Å². The van der Waals surface area contributed by atoms with E-state index >= 15 is 0 Å². The van der Waals surface area contributed by atoms with Crippen molar-refractivity contribution in [2.45, 2.75) is 37.7 Å². The number of phenols is 3. The van der Waals surface area contributed by atoms with E-state index in [9.17, 15) is 34.8 Å². The number of carbonyl (C=O) groups excluding carboxylic acids is 3. The summed E-state index contributed by atoms with van der Waals surface area (Å²) in [5.74, 6) is -3.74. The van der Waals surface area contributed by atoms with Crippen LogP contribution in [0.15, 0.2) is 18.2 Å². The van der Waals surface area contributed by atoms with Crippen molar-refractivity contribution in [2.75, 3.05) is 7.11 Å². The molecule has 2 aromatic carbocycles. The molecule has 2 aliphatic carbocycles. The van der Waals surface area contributed by atoms with Crippen LogP contribution in [-0.4, -0.2) is 51.2 Å². The maximum Gasteiger partial charge on any atom is 0.318 e. The number of aliphatic hydroxyl groups is 1. The SMILES string of the molecule is CCC1(C(=O)OC)c2cc3c(c(O)c2CC[C@@H]1O)C(=O)c1c(O)ccc(O)c1C3=O. The van der Waals surface area contributed by atoms with Crippen LogP contribution in [0.5, 0.6) is 17.2 Å². The summed E-state index contributed by atoms with van der Waals surface area (Å²) in [5, 5.41) is 42.0. The predicted molar refractivity (Wildman–Crippen MR) is 103 cm³/mol. The predicted octanol–water partition coefficient (Wildman–Crippen LogP) is 1.71. The normalized spacial score (nSPS) is 22.2. The van der Waals surface area contributed by atoms with Gasteiger partial charge in [-0.1, -0.05) is 6.92 Å². The highest BCUT2D eigenvalue weighted by atomic mass is 16.5. The van der Waals surface area contributed by atoms with Crippen molar-refractivity contribution in [2.24, 2.45) is 0 Å². The number of esters is 1. The first kappa shape index (κ1) is 19.9. The number of carbonyl (C=O) groups is 3. The smallest absolute Gasteiger partial charge is 0.318 e. The van der Waals surface area contributed by atoms with Gasteiger partial charge in [0, 0.05) is 5.56 Å². The molecule has 156 valence electrons. The summed E-state index contributed by atoms with van der Waals surface area (Å²) in [7, 11) is 1.19. The standard InChI is InChI=1S/C22H20O8/c1-3-22(21(29)30-2)11-8-10-15(18(26)9(11)4-7-14(22)25)20(28)17-13(24)6-5-12(23)16(17)19(10)27/h5-6,8,14,23-26H,3-4,7H2,1-2H3/t14-,22?/m0/s1. The molecule has 0 fully saturated rings. The lowest BCUT2D eigenvalue weighted by atomic mass is 9.64. The molecule has 0 spiro atoms. The highest BCUT2D eigenvalue weighted by Crippen LogP contribution is 2.49. The minimum absolute atomic E-state index is 0.136. The van der Waals surface area contributed by atoms with Crippen molar-refractivity contribution in [1.82, 2.24) is 0 Å². The molecule has 0 bridgehead atoms. The van der Waals surface area contributed by atoms with Gasteiger partial charge in [-0.15, -0.1) is 0 Å². The van der Waals surface area contributed by atoms with E-state index in [-0.39, 0.29) is 52.6 Å². The van der Waals surface area contributed by atoms with Crippen LogP contribution in [0.2, 0.25) is 0 Å². The molecule has 2 aliphatic rings. The molecule has 8 nitrogen and oxygen atoms in total. The van der Waals surface area contributed by atoms with Crippen molar-refractivity contribution in [3.63, 3.8) is 0 Å². The fraction of sp³-hybridized carbons (Fsp3) is 0.318. The van der Waals surface area contributed by atoms with E-state index in [0.29, 0.717) is 0 Å². The molecule has 0 saturated carbocycles. The van der Waals surface area contributed by atoms with Crippen LogP contribution in [0.1, 0.15) is 62.7 Å². The largest absolute Gasteiger partial charge is 0.507 e. The fourth-order valence-electron chi connectivity index (χ4n) is 4.78. The number of aliphatic hydroxyl groups excluding tert-OH is 1. The number of aromatic hydroxyl groups is 3. The summed E-state index contributed by atoms with van der Waals surface area (Å²) in [6, 6.07) is 3.51. The minimum atomic E-state index is -1.51. The number of methoxy groups -OCH3 is 1. The summed E-state index contributed by atoms with van der Waals surface area (Å²) < 4.78 is 4.93. The number of hydrogen-bond donors (Lipinski definition) is 4. The van der Waals surface area contributed by atoms with E-state index in [1.807, 2.05) is 0 Å². The summed E-state index contributed by atoms with van der Waals surface area (Å²) >= 11 is 0. The van der Waals surface area contributed by atoms with Crippen LogP contribution in [0.4, 0.5) is 0 Å². The Morgan fingerprint density at radius 3 is 2.27 bits per heavy atom. The second-order valence-corrected chi connectivity index (χ2v) is 7.56. The molecule has 1 unspecified atom stereocenters. The number of ether oxygens (including phenoxy) is 1. The van der Waals surface area contributed by atoms with Crippen molar-refractivity contribution < 1.29 is 39.5 Å². The summed E-state index contributed by atoms with van der Waals surface area (Å²) in [6.45, 7) is 1.68. The zero-order valence-electron chi connectivity index (χ0n) is 16.4. The number of benzene rings is 2. The molecule has 4 N–H and O–H groups in total. The van der Waals surface area contributed by atoms with Crippen LogP contribution in [0.25, 0.3) is 0 Å². The lowest BCUT2D eigenvalue weighted by Gasteiger charge is -2.41. The molecule has 0 heterocycles. The van der Waals surface area contributed by atoms with Gasteiger partial charge in [0.25, 0.3) is 0 Å². The number of fused-ring (bicyclic) bond motifs is 3. The third-order valence-corrected chi connectivity index (χ3v) is 6.32. The molecule has 0 aromatic heterocycles. The first-order valence-electron chi connectivity index (χ1n) is 9.50. The van der Waals surface area contributed by atoms with E-state index < -0.39 is 46.3 Å². The van der Waals surface area contributed by atoms with Crippen LogP contribution >= 0.6 is 0 Å². The molecule has 2 aromatic rings. The Morgan fingerprint density at radius 1 is 1.10 bits per heavy atom. The van der Waals surface area contributed by atoms with E-state index in [2.05, 4.69) is 0 Å². The van der Waals surface area contributed by atoms with Gasteiger partial charge in [0.15, 0.2) is 5.78 Å². The van der Waals surface area contributed by atoms with Crippen LogP contribution in [-0.2, 0) is 21.4 Å². The van der Waals surface area contributed by atoms with E-state index in [1.54, 1.807) is 6.92 Å². The van der Waals surface area contributed by atoms with Crippen LogP contribution in [0.3, 0.4) is 0 Å². The first-order chi connectivity index (χ1) is 14.2. The zero-order valence-corrected chi connectivity index (χ0v) is 16.4. The Balaban J connectivity index is 2.07. The Labute approximate surface area is 171 Å². The fourth-order valence-corrected chi connectivity index (χ4v) is 4.78. The lowest BCUT2D eigenvalue weighted by molar-refractivity contribution is -0.153. The Hall–Kier alpha value is -3.39. The van der Waals surface area contributed by atoms with Gasteiger partial charge >= 0.3 is 5.97 Å². The van der Waals surface area contributed by atoms with Crippen molar-refractivity contribution in [1.29, 1.82) is 0 Å². The van der Waals surface area contributed by atoms with Crippen molar-refractivity contribution >= 4 is 17.5 Å². The topological polar surface area (TPSA) is 141 Å². The van der Waals surface area contributed by atoms with E-state index in [4.69, 9.17) is 4.74 Å². The third kappa shape index (κ3) is 2.28. The van der Waals surface area contributed by atoms with Gasteiger partial charge in [0.05, 0.1) is 29.9 Å². The molecule has 0 aliphatic heterocycles. The van der Waals surface area contributed by atoms with E-state index in [0.717, 1.165) is 12.1 Å². The molecule has 0 amide bonds. The Morgan fingerprint density at radius 2 is 1.70 bits per heavy atom. The molecule has 4 rings (SSSR count). The average Bonchev–Trinajstić information content (AvgIpc) is 2.73. The molecule has 0 radical (unpaired) electrons. The molecule has 30 heavy (non-hydrogen) atoms. The third-order valence-electron chi connectivity index (χ3n) is 6.32. The van der Waals surface area contributed by atoms with Gasteiger partial charge in [-0.2, -0.15) is 0 Å². The van der Waals surface area contributed by atoms with Gasteiger partial charge in [0.1, 0.15) is 22.7 Å². The highest BCUT2D eigenvalue weighted by Gasteiger charge is 2.52. The average molecular weight is 412 g/mol. The maximum absolute atomic E-state index is 13.2. The van der Waals surface area contributed by atoms with Gasteiger partial charge < -0.3 is 25.2 Å². The number of ketones is 2. The molecule has 2 atom stereocenters. The van der Waals surface area contributed by atoms with E-state index in [1.165, 1.54) is 13.2 Å². The number of rotatable bonds is 2. The Bertz CT molecular complexity index is 1130. The van der Waals surface area contributed by atoms with Gasteiger partial charge in [-0.25, -0.2) is 0 Å². The van der Waals surface area contributed by atoms with Gasteiger partial charge in [0.2, 0.25) is 5.78 Å². The first-order valence-corrected chi connectivity index (χ1v) is 9.50. The monoisotopic (exact) mass is 412 g/mol. The van der Waals surface area contributed by atoms with Crippen molar-refractivity contribution in [3.05, 3.63) is 51.6 Å². The highest BCUT2D eigenvalue weighted by molar-refractivity contribution is 6.31. The van der Waals surface area contributed by atoms with Crippen molar-refractivity contribution in [3.8, 4) is 17.2 Å². The zero-order chi connectivity index (χ0) is 22.0. The second-order valence-electron chi connectivity index (χ2n) is 7.56. The number of phenolic OH excluding ortho intramolecular Hbond substituents is 3. The molecular formula is C22H20O8. The molecule has 0 saturated heterocycles. The lowest BCUT2D eigenvalue weighted by Crippen LogP contribution is -2.50. The summed E-state index contributed by atoms with van der Waals surface area (Å²) in [6.07, 6.45) is -0.655. The van der Waals surface area contributed by atoms with Gasteiger partial charge in [-0.3, -0.25) is 14.4 Å². The minimum Gasteiger partial charge on any atom is -0.507 e. The quantitative estimate of drug-likeness (QED) is 0.368. The second kappa shape index (κ2) is 6.56. The summed E-state index contributed by atoms with van der Waals surface area (Å²) in [4.78, 5) is 39.0. The maximum atomic E-state index is 13.2. The molecular weight excluding hydrogens is 392 g/mol. The van der Waals surface area contributed by atoms with Crippen LogP contribution < -0.4 is 0 Å². The number of hydrogen-bond acceptors (Lipinski definition) is 8. The van der Waals surface area contributed by atoms with Crippen LogP contribution in [0, 0.1) is 0 Å².